The van der Waals surface area contributed by atoms with Crippen molar-refractivity contribution in [3.05, 3.63) is 0 Å². The summed E-state index contributed by atoms with van der Waals surface area (Å²) in [6.45, 7) is 15.5. The van der Waals surface area contributed by atoms with Crippen LogP contribution in [-0.2, 0) is 38.0 Å². The number of ether oxygens (including phenoxy) is 6. The third-order valence-electron chi connectivity index (χ3n) is 4.15. The Morgan fingerprint density at radius 3 is 1.75 bits per heavy atom. The van der Waals surface area contributed by atoms with E-state index < -0.39 is 22.9 Å². The summed E-state index contributed by atoms with van der Waals surface area (Å²) < 4.78 is 33.0. The van der Waals surface area contributed by atoms with E-state index in [4.69, 9.17) is 28.4 Å². The van der Waals surface area contributed by atoms with Gasteiger partial charge in [0.2, 0.25) is 0 Å². The first-order valence-corrected chi connectivity index (χ1v) is 12.4. The molecule has 0 aliphatic heterocycles. The molecule has 0 radical (unpaired) electrons. The summed E-state index contributed by atoms with van der Waals surface area (Å²) in [5, 5.41) is -1.13. The Balaban J connectivity index is 4.12. The molecule has 0 amide bonds. The van der Waals surface area contributed by atoms with Gasteiger partial charge in [-0.2, -0.15) is 0 Å². The fraction of sp³-hybridized carbons (Fsp3) is 0.909. The Bertz CT molecular complexity index is 504. The van der Waals surface area contributed by atoms with Gasteiger partial charge in [0.1, 0.15) is 13.2 Å². The molecule has 0 fully saturated rings. The molecule has 6 atom stereocenters. The number of carbonyl (C=O) groups excluding carboxylic acids is 2. The highest BCUT2D eigenvalue weighted by Crippen LogP contribution is 2.22. The molecule has 0 aliphatic rings. The first-order chi connectivity index (χ1) is 14.7. The molecule has 0 aromatic heterocycles. The Morgan fingerprint density at radius 1 is 0.781 bits per heavy atom. The average Bonchev–Trinajstić information content (AvgIpc) is 2.65. The van der Waals surface area contributed by atoms with Gasteiger partial charge < -0.3 is 28.4 Å². The van der Waals surface area contributed by atoms with Gasteiger partial charge >= 0.3 is 11.9 Å². The van der Waals surface area contributed by atoms with E-state index in [0.29, 0.717) is 26.1 Å². The summed E-state index contributed by atoms with van der Waals surface area (Å²) in [7, 11) is 4.92. The minimum atomic E-state index is -1.13. The third kappa shape index (κ3) is 14.7. The van der Waals surface area contributed by atoms with Gasteiger partial charge in [0.15, 0.2) is 10.9 Å². The van der Waals surface area contributed by atoms with Gasteiger partial charge in [-0.05, 0) is 68.2 Å². The van der Waals surface area contributed by atoms with Gasteiger partial charge in [0, 0.05) is 13.2 Å². The van der Waals surface area contributed by atoms with E-state index in [1.165, 1.54) is 0 Å². The molecule has 190 valence electrons. The fourth-order valence-corrected chi connectivity index (χ4v) is 3.02. The van der Waals surface area contributed by atoms with Crippen molar-refractivity contribution in [1.29, 1.82) is 0 Å². The largest absolute Gasteiger partial charge is 0.461 e. The van der Waals surface area contributed by atoms with Crippen LogP contribution in [0.2, 0.25) is 0 Å². The van der Waals surface area contributed by atoms with Crippen LogP contribution >= 0.6 is 18.5 Å². The number of hydrogen-bond acceptors (Lipinski definition) is 8. The van der Waals surface area contributed by atoms with Crippen LogP contribution in [0.15, 0.2) is 0 Å². The fourth-order valence-electron chi connectivity index (χ4n) is 2.55. The molecule has 0 saturated carbocycles. The molecule has 8 nitrogen and oxygen atoms in total. The predicted molar refractivity (Wildman–Crippen MR) is 131 cm³/mol. The van der Waals surface area contributed by atoms with Crippen molar-refractivity contribution in [3.63, 3.8) is 0 Å². The Morgan fingerprint density at radius 2 is 1.25 bits per heavy atom. The van der Waals surface area contributed by atoms with Crippen LogP contribution in [0.1, 0.15) is 68.2 Å². The van der Waals surface area contributed by atoms with Gasteiger partial charge in [-0.25, -0.2) is 9.59 Å². The minimum absolute atomic E-state index is 0.0112. The smallest absolute Gasteiger partial charge is 0.342 e. The van der Waals surface area contributed by atoms with E-state index in [0.717, 1.165) is 0 Å². The van der Waals surface area contributed by atoms with Gasteiger partial charge in [-0.1, -0.05) is 9.24 Å². The molecule has 0 aromatic carbocycles. The van der Waals surface area contributed by atoms with E-state index >= 15 is 0 Å². The first kappa shape index (κ1) is 31.6. The summed E-state index contributed by atoms with van der Waals surface area (Å²) in [6, 6.07) is 0. The highest BCUT2D eigenvalue weighted by Gasteiger charge is 2.32. The maximum absolute atomic E-state index is 12.3. The molecule has 32 heavy (non-hydrogen) atoms. The number of unbranched alkanes of at least 4 members (excludes halogenated alkanes) is 1. The zero-order valence-electron chi connectivity index (χ0n) is 21.0. The molecule has 0 aromatic rings. The van der Waals surface area contributed by atoms with Crippen LogP contribution < -0.4 is 0 Å². The minimum Gasteiger partial charge on any atom is -0.461 e. The molecule has 6 unspecified atom stereocenters. The molecule has 0 saturated heterocycles. The molecule has 0 heterocycles. The Labute approximate surface area is 198 Å². The van der Waals surface area contributed by atoms with Crippen LogP contribution in [0.4, 0.5) is 0 Å². The van der Waals surface area contributed by atoms with E-state index in [1.54, 1.807) is 20.8 Å². The van der Waals surface area contributed by atoms with Crippen LogP contribution in [0.25, 0.3) is 0 Å². The number of esters is 2. The standard InChI is InChI=1S/C22H44O8P2/c1-15(2)29-16(3)13-26-20(24)22(8,32)28-12-10-9-11-27-21(6,7)19(23)25-14-17(4)30-18(5)31/h15-18H,9-14,31-32H2,1-8H3. The summed E-state index contributed by atoms with van der Waals surface area (Å²) in [5.74, 6) is -0.907. The molecule has 0 bridgehead atoms. The highest BCUT2D eigenvalue weighted by molar-refractivity contribution is 7.20. The van der Waals surface area contributed by atoms with E-state index in [-0.39, 0.29) is 37.4 Å². The van der Waals surface area contributed by atoms with E-state index in [1.807, 2.05) is 34.6 Å². The molecular weight excluding hydrogens is 454 g/mol. The molecule has 0 rings (SSSR count). The summed E-state index contributed by atoms with van der Waals surface area (Å²) in [6.07, 6.45) is 1.01. The van der Waals surface area contributed by atoms with Crippen molar-refractivity contribution in [2.45, 2.75) is 103 Å². The predicted octanol–water partition coefficient (Wildman–Crippen LogP) is 3.70. The Hall–Kier alpha value is -0.360. The monoisotopic (exact) mass is 498 g/mol. The van der Waals surface area contributed by atoms with Crippen LogP contribution in [0.3, 0.4) is 0 Å². The van der Waals surface area contributed by atoms with Crippen molar-refractivity contribution < 1.29 is 38.0 Å². The maximum atomic E-state index is 12.3. The molecule has 0 spiro atoms. The van der Waals surface area contributed by atoms with Gasteiger partial charge in [-0.15, -0.1) is 9.24 Å². The number of rotatable bonds is 17. The van der Waals surface area contributed by atoms with Crippen LogP contribution in [0, 0.1) is 0 Å². The third-order valence-corrected chi connectivity index (χ3v) is 4.71. The van der Waals surface area contributed by atoms with E-state index in [2.05, 4.69) is 18.5 Å². The van der Waals surface area contributed by atoms with Gasteiger partial charge in [0.25, 0.3) is 0 Å². The van der Waals surface area contributed by atoms with E-state index in [9.17, 15) is 9.59 Å². The Kier molecular flexibility index (Phi) is 15.4. The van der Waals surface area contributed by atoms with Crippen molar-refractivity contribution >= 4 is 30.4 Å². The highest BCUT2D eigenvalue weighted by atomic mass is 31.0. The SMILES string of the molecule is CC(C)OC(C)COC(=O)C(C)(P)OCCCCOC(C)(C)C(=O)OCC(C)OC(C)P. The molecule has 0 N–H and O–H groups in total. The van der Waals surface area contributed by atoms with Crippen molar-refractivity contribution in [2.75, 3.05) is 26.4 Å². The molecule has 0 aliphatic carbocycles. The second kappa shape index (κ2) is 15.5. The zero-order chi connectivity index (χ0) is 24.9. The van der Waals surface area contributed by atoms with Crippen molar-refractivity contribution in [1.82, 2.24) is 0 Å². The lowest BCUT2D eigenvalue weighted by Gasteiger charge is -2.25. The van der Waals surface area contributed by atoms with Gasteiger partial charge in [-0.3, -0.25) is 0 Å². The number of hydrogen-bond donors (Lipinski definition) is 0. The lowest BCUT2D eigenvalue weighted by Crippen LogP contribution is -2.38. The average molecular weight is 499 g/mol. The zero-order valence-corrected chi connectivity index (χ0v) is 23.3. The van der Waals surface area contributed by atoms with Crippen molar-refractivity contribution in [3.8, 4) is 0 Å². The summed E-state index contributed by atoms with van der Waals surface area (Å²) in [5.41, 5.74) is -1.05. The van der Waals surface area contributed by atoms with Crippen LogP contribution in [0.5, 0.6) is 0 Å². The lowest BCUT2D eigenvalue weighted by atomic mass is 10.1. The van der Waals surface area contributed by atoms with Crippen LogP contribution in [-0.4, -0.2) is 73.5 Å². The van der Waals surface area contributed by atoms with Crippen molar-refractivity contribution in [2.24, 2.45) is 0 Å². The summed E-state index contributed by atoms with van der Waals surface area (Å²) >= 11 is 0. The summed E-state index contributed by atoms with van der Waals surface area (Å²) in [4.78, 5) is 24.5. The van der Waals surface area contributed by atoms with Gasteiger partial charge in [0.05, 0.1) is 24.2 Å². The normalized spacial score (nSPS) is 16.8. The second-order valence-electron chi connectivity index (χ2n) is 8.87. The topological polar surface area (TPSA) is 89.5 Å². The first-order valence-electron chi connectivity index (χ1n) is 11.1. The number of carbonyl (C=O) groups is 2. The quantitative estimate of drug-likeness (QED) is 0.170. The second-order valence-corrected chi connectivity index (χ2v) is 10.9. The maximum Gasteiger partial charge on any atom is 0.342 e. The lowest BCUT2D eigenvalue weighted by molar-refractivity contribution is -0.172. The molecule has 10 heteroatoms. The molecular formula is C22H44O8P2.